The number of ether oxygens (including phenoxy) is 1. The Kier molecular flexibility index (Phi) is 8.35. The highest BCUT2D eigenvalue weighted by Crippen LogP contribution is 2.34. The molecule has 0 fully saturated rings. The average Bonchev–Trinajstić information content (AvgIpc) is 3.47. The van der Waals surface area contributed by atoms with Gasteiger partial charge in [0, 0.05) is 28.0 Å². The topological polar surface area (TPSA) is 79.9 Å². The first-order valence-electron chi connectivity index (χ1n) is 12.6. The number of methoxy groups -OCH3 is 1. The molecule has 0 aliphatic rings. The van der Waals surface area contributed by atoms with E-state index in [0.29, 0.717) is 39.8 Å². The number of aromatic nitrogens is 3. The molecule has 2 heterocycles. The van der Waals surface area contributed by atoms with Gasteiger partial charge >= 0.3 is 6.09 Å². The third-order valence-corrected chi connectivity index (χ3v) is 6.85. The maximum Gasteiger partial charge on any atom is 0.411 e. The van der Waals surface area contributed by atoms with E-state index in [2.05, 4.69) is 25.0 Å². The number of pyridine rings is 1. The van der Waals surface area contributed by atoms with E-state index in [1.807, 2.05) is 12.1 Å². The lowest BCUT2D eigenvalue weighted by Crippen LogP contribution is -2.10. The fraction of sp³-hybridized carbons (Fsp3) is 0.129. The fourth-order valence-corrected chi connectivity index (χ4v) is 4.67. The van der Waals surface area contributed by atoms with Gasteiger partial charge in [-0.05, 0) is 65.6 Å². The smallest absolute Gasteiger partial charge is 0.411 e. The van der Waals surface area contributed by atoms with Gasteiger partial charge in [-0.1, -0.05) is 48.0 Å². The Morgan fingerprint density at radius 3 is 2.34 bits per heavy atom. The van der Waals surface area contributed by atoms with Crippen molar-refractivity contribution in [3.63, 3.8) is 0 Å². The van der Waals surface area contributed by atoms with Crippen molar-refractivity contribution in [1.82, 2.24) is 15.0 Å². The summed E-state index contributed by atoms with van der Waals surface area (Å²) in [7, 11) is 1.29. The molecule has 0 bridgehead atoms. The van der Waals surface area contributed by atoms with E-state index < -0.39 is 12.5 Å². The van der Waals surface area contributed by atoms with Crippen molar-refractivity contribution in [2.75, 3.05) is 12.4 Å². The van der Waals surface area contributed by atoms with E-state index >= 15 is 0 Å². The van der Waals surface area contributed by atoms with Crippen molar-refractivity contribution in [3.8, 4) is 22.4 Å². The Hall–Kier alpha value is -4.63. The third-order valence-electron chi connectivity index (χ3n) is 6.61. The summed E-state index contributed by atoms with van der Waals surface area (Å²) in [6.45, 7) is 0. The predicted molar refractivity (Wildman–Crippen MR) is 152 cm³/mol. The first-order valence-corrected chi connectivity index (χ1v) is 13.0. The van der Waals surface area contributed by atoms with Gasteiger partial charge in [-0.2, -0.15) is 0 Å². The van der Waals surface area contributed by atoms with Crippen LogP contribution in [0.4, 0.5) is 23.7 Å². The van der Waals surface area contributed by atoms with Crippen molar-refractivity contribution in [2.45, 2.75) is 18.8 Å². The first kappa shape index (κ1) is 27.9. The van der Waals surface area contributed by atoms with Crippen molar-refractivity contribution < 1.29 is 22.7 Å². The minimum atomic E-state index is -2.67. The number of imidazole rings is 1. The Morgan fingerprint density at radius 2 is 1.68 bits per heavy atom. The second-order valence-corrected chi connectivity index (χ2v) is 9.70. The number of anilines is 1. The summed E-state index contributed by atoms with van der Waals surface area (Å²) < 4.78 is 45.5. The van der Waals surface area contributed by atoms with Crippen LogP contribution >= 0.6 is 11.6 Å². The highest BCUT2D eigenvalue weighted by molar-refractivity contribution is 6.30. The van der Waals surface area contributed by atoms with Crippen LogP contribution in [0.25, 0.3) is 22.4 Å². The van der Waals surface area contributed by atoms with Crippen LogP contribution in [0, 0.1) is 5.82 Å². The summed E-state index contributed by atoms with van der Waals surface area (Å²) in [6.07, 6.45) is 0.470. The normalized spacial score (nSPS) is 11.9. The van der Waals surface area contributed by atoms with E-state index in [-0.39, 0.29) is 17.3 Å². The molecule has 41 heavy (non-hydrogen) atoms. The molecule has 2 N–H and O–H groups in total. The lowest BCUT2D eigenvalue weighted by atomic mass is 9.93. The molecule has 0 saturated carbocycles. The van der Waals surface area contributed by atoms with Gasteiger partial charge in [0.05, 0.1) is 30.6 Å². The van der Waals surface area contributed by atoms with E-state index in [0.717, 1.165) is 16.8 Å². The van der Waals surface area contributed by atoms with Crippen molar-refractivity contribution >= 4 is 23.4 Å². The molecule has 3 aromatic carbocycles. The van der Waals surface area contributed by atoms with Gasteiger partial charge in [-0.3, -0.25) is 10.3 Å². The molecule has 1 amide bonds. The maximum absolute atomic E-state index is 13.7. The van der Waals surface area contributed by atoms with Crippen LogP contribution in [-0.4, -0.2) is 28.2 Å². The van der Waals surface area contributed by atoms with Crippen LogP contribution < -0.4 is 5.32 Å². The molecule has 208 valence electrons. The molecule has 2 aromatic heterocycles. The summed E-state index contributed by atoms with van der Waals surface area (Å²) in [5.74, 6) is -0.0654. The molecule has 1 atom stereocenters. The number of carbonyl (C=O) groups is 1. The van der Waals surface area contributed by atoms with E-state index in [1.165, 1.54) is 37.4 Å². The molecule has 0 saturated heterocycles. The molecule has 1 unspecified atom stereocenters. The average molecular weight is 577 g/mol. The molecule has 0 aliphatic heterocycles. The number of carbonyl (C=O) groups excluding carboxylic acids is 1. The molecule has 10 heteroatoms. The van der Waals surface area contributed by atoms with Gasteiger partial charge in [0.2, 0.25) is 0 Å². The second kappa shape index (κ2) is 12.3. The lowest BCUT2D eigenvalue weighted by Gasteiger charge is -2.16. The van der Waals surface area contributed by atoms with Crippen LogP contribution in [0.15, 0.2) is 91.3 Å². The maximum atomic E-state index is 13.7. The van der Waals surface area contributed by atoms with Gasteiger partial charge in [0.1, 0.15) is 11.6 Å². The molecule has 0 radical (unpaired) electrons. The SMILES string of the molecule is COC(=O)Nc1ccc(-c2cnc(C(Cc3ccc(F)cc3)c3ccc(-c4cc(Cl)ccc4C(F)F)cn3)[nH]2)cc1. The van der Waals surface area contributed by atoms with Crippen LogP contribution in [0.2, 0.25) is 5.02 Å². The highest BCUT2D eigenvalue weighted by Gasteiger charge is 2.22. The van der Waals surface area contributed by atoms with Crippen LogP contribution in [0.3, 0.4) is 0 Å². The number of amides is 1. The predicted octanol–water partition coefficient (Wildman–Crippen LogP) is 8.42. The molecule has 5 aromatic rings. The zero-order valence-electron chi connectivity index (χ0n) is 21.7. The number of alkyl halides is 2. The van der Waals surface area contributed by atoms with Crippen molar-refractivity contribution in [2.24, 2.45) is 0 Å². The Labute approximate surface area is 239 Å². The van der Waals surface area contributed by atoms with Gasteiger partial charge in [0.25, 0.3) is 6.43 Å². The molecular weight excluding hydrogens is 553 g/mol. The fourth-order valence-electron chi connectivity index (χ4n) is 4.50. The minimum absolute atomic E-state index is 0.129. The Bertz CT molecular complexity index is 1640. The standard InChI is InChI=1S/C31H24ClF3N4O2/c1-41-31(40)38-23-10-4-19(5-11-23)28-17-37-30(39-28)26(14-18-2-8-22(33)9-3-18)27-13-6-20(16-36-27)25-15-21(32)7-12-24(25)29(34)35/h2-13,15-17,26,29H,14H2,1H3,(H,37,39)(H,38,40). The van der Waals surface area contributed by atoms with Crippen molar-refractivity contribution in [3.05, 3.63) is 125 Å². The summed E-state index contributed by atoms with van der Waals surface area (Å²) in [5.41, 5.74) is 4.36. The monoisotopic (exact) mass is 576 g/mol. The Morgan fingerprint density at radius 1 is 0.951 bits per heavy atom. The summed E-state index contributed by atoms with van der Waals surface area (Å²) in [4.78, 5) is 24.1. The van der Waals surface area contributed by atoms with E-state index in [1.54, 1.807) is 48.8 Å². The summed E-state index contributed by atoms with van der Waals surface area (Å²) >= 11 is 6.10. The molecule has 6 nitrogen and oxygen atoms in total. The molecule has 0 aliphatic carbocycles. The molecule has 0 spiro atoms. The number of aromatic amines is 1. The third kappa shape index (κ3) is 6.58. The number of rotatable bonds is 8. The summed E-state index contributed by atoms with van der Waals surface area (Å²) in [6, 6.07) is 21.1. The number of hydrogen-bond acceptors (Lipinski definition) is 4. The van der Waals surface area contributed by atoms with Crippen LogP contribution in [-0.2, 0) is 11.2 Å². The van der Waals surface area contributed by atoms with E-state index in [9.17, 15) is 18.0 Å². The lowest BCUT2D eigenvalue weighted by molar-refractivity contribution is 0.152. The minimum Gasteiger partial charge on any atom is -0.453 e. The molecule has 5 rings (SSSR count). The van der Waals surface area contributed by atoms with Crippen molar-refractivity contribution in [1.29, 1.82) is 0 Å². The number of benzene rings is 3. The molecular formula is C31H24ClF3N4O2. The number of nitrogens with zero attached hydrogens (tertiary/aromatic N) is 2. The zero-order valence-corrected chi connectivity index (χ0v) is 22.5. The number of H-pyrrole nitrogens is 1. The quantitative estimate of drug-likeness (QED) is 0.194. The largest absolute Gasteiger partial charge is 0.453 e. The second-order valence-electron chi connectivity index (χ2n) is 9.26. The zero-order chi connectivity index (χ0) is 28.9. The van der Waals surface area contributed by atoms with Gasteiger partial charge < -0.3 is 9.72 Å². The number of hydrogen-bond donors (Lipinski definition) is 2. The van der Waals surface area contributed by atoms with E-state index in [4.69, 9.17) is 11.6 Å². The van der Waals surface area contributed by atoms with Crippen LogP contribution in [0.1, 0.15) is 35.0 Å². The van der Waals surface area contributed by atoms with Crippen LogP contribution in [0.5, 0.6) is 0 Å². The van der Waals surface area contributed by atoms with Gasteiger partial charge in [-0.15, -0.1) is 0 Å². The number of nitrogens with one attached hydrogen (secondary N) is 2. The summed E-state index contributed by atoms with van der Waals surface area (Å²) in [5, 5.41) is 2.95. The highest BCUT2D eigenvalue weighted by atomic mass is 35.5. The Balaban J connectivity index is 1.47. The van der Waals surface area contributed by atoms with Gasteiger partial charge in [-0.25, -0.2) is 22.9 Å². The first-order chi connectivity index (χ1) is 19.8. The van der Waals surface area contributed by atoms with Gasteiger partial charge in [0.15, 0.2) is 0 Å². The number of halogens is 4.